The van der Waals surface area contributed by atoms with E-state index in [4.69, 9.17) is 16.0 Å². The van der Waals surface area contributed by atoms with Gasteiger partial charge in [0.05, 0.1) is 10.8 Å². The highest BCUT2D eigenvalue weighted by Crippen LogP contribution is 2.32. The Morgan fingerprint density at radius 1 is 1.24 bits per heavy atom. The topological polar surface area (TPSA) is 42.2 Å². The highest BCUT2D eigenvalue weighted by molar-refractivity contribution is 7.15. The number of piperidine rings is 1. The number of halogens is 1. The molecule has 0 N–H and O–H groups in total. The van der Waals surface area contributed by atoms with Crippen LogP contribution in [0.3, 0.4) is 0 Å². The van der Waals surface area contributed by atoms with Crippen molar-refractivity contribution >= 4 is 22.9 Å². The van der Waals surface area contributed by atoms with Gasteiger partial charge in [0.25, 0.3) is 5.89 Å². The first-order chi connectivity index (χ1) is 12.2. The Hall–Kier alpha value is -1.69. The second-order valence-electron chi connectivity index (χ2n) is 6.52. The summed E-state index contributed by atoms with van der Waals surface area (Å²) in [6.07, 6.45) is 2.22. The molecule has 0 aliphatic carbocycles. The average molecular weight is 374 g/mol. The minimum atomic E-state index is 0.290. The van der Waals surface area contributed by atoms with Gasteiger partial charge in [-0.3, -0.25) is 4.90 Å². The number of hydrogen-bond donors (Lipinski definition) is 0. The van der Waals surface area contributed by atoms with Gasteiger partial charge in [0.15, 0.2) is 0 Å². The van der Waals surface area contributed by atoms with Crippen LogP contribution in [0.25, 0.3) is 10.8 Å². The maximum absolute atomic E-state index is 6.30. The first-order valence-corrected chi connectivity index (χ1v) is 9.74. The van der Waals surface area contributed by atoms with Gasteiger partial charge in [0.2, 0.25) is 5.89 Å². The Kier molecular flexibility index (Phi) is 4.88. The van der Waals surface area contributed by atoms with Crippen LogP contribution >= 0.6 is 22.9 Å². The lowest BCUT2D eigenvalue weighted by Crippen LogP contribution is -2.34. The first kappa shape index (κ1) is 16.8. The number of rotatable bonds is 4. The summed E-state index contributed by atoms with van der Waals surface area (Å²) in [5, 5.41) is 9.41. The maximum Gasteiger partial charge on any atom is 0.257 e. The summed E-state index contributed by atoms with van der Waals surface area (Å²) in [6.45, 7) is 4.95. The molecular formula is C19H20ClN3OS. The largest absolute Gasteiger partial charge is 0.420 e. The molecule has 4 rings (SSSR count). The zero-order valence-corrected chi connectivity index (χ0v) is 15.7. The molecule has 1 fully saturated rings. The van der Waals surface area contributed by atoms with Crippen molar-refractivity contribution in [3.8, 4) is 10.8 Å². The Morgan fingerprint density at radius 2 is 2.12 bits per heavy atom. The number of likely N-dealkylation sites (tertiary alicyclic amines) is 1. The van der Waals surface area contributed by atoms with Gasteiger partial charge in [-0.2, -0.15) is 0 Å². The predicted octanol–water partition coefficient (Wildman–Crippen LogP) is 5.14. The van der Waals surface area contributed by atoms with Crippen LogP contribution in [0.5, 0.6) is 0 Å². The predicted molar refractivity (Wildman–Crippen MR) is 101 cm³/mol. The van der Waals surface area contributed by atoms with Crippen molar-refractivity contribution < 1.29 is 4.42 Å². The molecule has 0 saturated carbocycles. The highest BCUT2D eigenvalue weighted by Gasteiger charge is 2.26. The van der Waals surface area contributed by atoms with E-state index in [1.165, 1.54) is 10.4 Å². The SMILES string of the molecule is Cc1ccc(-c2nnc([C@@H]3CCCN(Cc4ccccc4Cl)C3)o2)s1. The second-order valence-corrected chi connectivity index (χ2v) is 8.22. The molecule has 3 aromatic rings. The maximum atomic E-state index is 6.30. The van der Waals surface area contributed by atoms with E-state index >= 15 is 0 Å². The molecule has 1 aliphatic heterocycles. The van der Waals surface area contributed by atoms with Crippen LogP contribution in [0.2, 0.25) is 5.02 Å². The van der Waals surface area contributed by atoms with Gasteiger partial charge in [-0.1, -0.05) is 29.8 Å². The lowest BCUT2D eigenvalue weighted by atomic mass is 9.97. The number of aryl methyl sites for hydroxylation is 1. The van der Waals surface area contributed by atoms with Crippen LogP contribution in [-0.2, 0) is 6.54 Å². The molecule has 0 amide bonds. The monoisotopic (exact) mass is 373 g/mol. The minimum absolute atomic E-state index is 0.290. The molecular weight excluding hydrogens is 354 g/mol. The van der Waals surface area contributed by atoms with Crippen LogP contribution in [0.1, 0.15) is 35.1 Å². The van der Waals surface area contributed by atoms with Crippen molar-refractivity contribution in [3.05, 3.63) is 57.8 Å². The summed E-state index contributed by atoms with van der Waals surface area (Å²) in [4.78, 5) is 4.72. The van der Waals surface area contributed by atoms with Crippen LogP contribution < -0.4 is 0 Å². The molecule has 1 atom stereocenters. The molecule has 2 aromatic heterocycles. The Morgan fingerprint density at radius 3 is 2.92 bits per heavy atom. The summed E-state index contributed by atoms with van der Waals surface area (Å²) in [7, 11) is 0. The average Bonchev–Trinajstić information content (AvgIpc) is 3.26. The van der Waals surface area contributed by atoms with Crippen LogP contribution in [0.4, 0.5) is 0 Å². The van der Waals surface area contributed by atoms with Gasteiger partial charge in [-0.05, 0) is 50.1 Å². The molecule has 0 unspecified atom stereocenters. The van der Waals surface area contributed by atoms with Crippen molar-refractivity contribution in [1.82, 2.24) is 15.1 Å². The van der Waals surface area contributed by atoms with E-state index in [1.807, 2.05) is 24.3 Å². The fourth-order valence-corrected chi connectivity index (χ4v) is 4.30. The smallest absolute Gasteiger partial charge is 0.257 e. The second kappa shape index (κ2) is 7.28. The van der Waals surface area contributed by atoms with E-state index in [0.29, 0.717) is 11.8 Å². The van der Waals surface area contributed by atoms with Crippen molar-refractivity contribution in [1.29, 1.82) is 0 Å². The van der Waals surface area contributed by atoms with E-state index in [0.717, 1.165) is 48.3 Å². The molecule has 25 heavy (non-hydrogen) atoms. The normalized spacial score (nSPS) is 18.6. The van der Waals surface area contributed by atoms with Crippen molar-refractivity contribution in [2.45, 2.75) is 32.2 Å². The highest BCUT2D eigenvalue weighted by atomic mass is 35.5. The van der Waals surface area contributed by atoms with Crippen molar-refractivity contribution in [3.63, 3.8) is 0 Å². The van der Waals surface area contributed by atoms with Gasteiger partial charge in [-0.15, -0.1) is 21.5 Å². The van der Waals surface area contributed by atoms with Gasteiger partial charge in [0.1, 0.15) is 0 Å². The summed E-state index contributed by atoms with van der Waals surface area (Å²) in [5.74, 6) is 1.68. The summed E-state index contributed by atoms with van der Waals surface area (Å²) >= 11 is 7.99. The molecule has 1 saturated heterocycles. The number of benzene rings is 1. The van der Waals surface area contributed by atoms with Gasteiger partial charge in [0, 0.05) is 23.0 Å². The van der Waals surface area contributed by atoms with Crippen LogP contribution in [-0.4, -0.2) is 28.2 Å². The molecule has 0 radical (unpaired) electrons. The van der Waals surface area contributed by atoms with E-state index < -0.39 is 0 Å². The molecule has 0 bridgehead atoms. The third-order valence-corrected chi connectivity index (χ3v) is 5.96. The van der Waals surface area contributed by atoms with E-state index in [2.05, 4.69) is 34.2 Å². The van der Waals surface area contributed by atoms with E-state index in [9.17, 15) is 0 Å². The summed E-state index contributed by atoms with van der Waals surface area (Å²) in [5.41, 5.74) is 1.17. The van der Waals surface area contributed by atoms with E-state index in [1.54, 1.807) is 11.3 Å². The van der Waals surface area contributed by atoms with Crippen molar-refractivity contribution in [2.24, 2.45) is 0 Å². The quantitative estimate of drug-likeness (QED) is 0.635. The Bertz CT molecular complexity index is 860. The fraction of sp³-hybridized carbons (Fsp3) is 0.368. The lowest BCUT2D eigenvalue weighted by molar-refractivity contribution is 0.186. The Labute approximate surface area is 156 Å². The van der Waals surface area contributed by atoms with Gasteiger partial charge >= 0.3 is 0 Å². The molecule has 1 aromatic carbocycles. The third-order valence-electron chi connectivity index (χ3n) is 4.60. The lowest BCUT2D eigenvalue weighted by Gasteiger charge is -2.31. The first-order valence-electron chi connectivity index (χ1n) is 8.55. The molecule has 0 spiro atoms. The summed E-state index contributed by atoms with van der Waals surface area (Å²) < 4.78 is 5.98. The molecule has 3 heterocycles. The molecule has 6 heteroatoms. The standard InChI is InChI=1S/C19H20ClN3OS/c1-13-8-9-17(25-13)19-22-21-18(24-19)15-6-4-10-23(12-15)11-14-5-2-3-7-16(14)20/h2-3,5,7-9,15H,4,6,10-12H2,1H3/t15-/m1/s1. The number of hydrogen-bond acceptors (Lipinski definition) is 5. The number of nitrogens with zero attached hydrogens (tertiary/aromatic N) is 3. The van der Waals surface area contributed by atoms with Crippen LogP contribution in [0, 0.1) is 6.92 Å². The zero-order chi connectivity index (χ0) is 17.2. The fourth-order valence-electron chi connectivity index (χ4n) is 3.32. The van der Waals surface area contributed by atoms with Crippen molar-refractivity contribution in [2.75, 3.05) is 13.1 Å². The summed E-state index contributed by atoms with van der Waals surface area (Å²) in [6, 6.07) is 12.2. The number of aromatic nitrogens is 2. The zero-order valence-electron chi connectivity index (χ0n) is 14.1. The van der Waals surface area contributed by atoms with E-state index in [-0.39, 0.29) is 0 Å². The molecule has 1 aliphatic rings. The van der Waals surface area contributed by atoms with Gasteiger partial charge < -0.3 is 4.42 Å². The van der Waals surface area contributed by atoms with Crippen LogP contribution in [0.15, 0.2) is 40.8 Å². The van der Waals surface area contributed by atoms with Gasteiger partial charge in [-0.25, -0.2) is 0 Å². The Balaban J connectivity index is 1.46. The minimum Gasteiger partial charge on any atom is -0.420 e. The number of thiophene rings is 1. The molecule has 4 nitrogen and oxygen atoms in total. The molecule has 130 valence electrons. The third kappa shape index (κ3) is 3.78.